The number of rotatable bonds is 4. The second-order valence-electron chi connectivity index (χ2n) is 7.62. The van der Waals surface area contributed by atoms with Crippen LogP contribution in [0.25, 0.3) is 21.1 Å². The monoisotopic (exact) mass is 412 g/mol. The van der Waals surface area contributed by atoms with E-state index >= 15 is 0 Å². The van der Waals surface area contributed by atoms with Crippen molar-refractivity contribution in [2.24, 2.45) is 0 Å². The molecule has 0 bridgehead atoms. The Bertz CT molecular complexity index is 1350. The molecule has 7 heteroatoms. The number of nitrogens with one attached hydrogen (secondary N) is 3. The van der Waals surface area contributed by atoms with E-state index in [2.05, 4.69) is 56.5 Å². The minimum Gasteiger partial charge on any atom is -0.347 e. The van der Waals surface area contributed by atoms with E-state index in [4.69, 9.17) is 9.97 Å². The summed E-state index contributed by atoms with van der Waals surface area (Å²) in [7, 11) is 0. The summed E-state index contributed by atoms with van der Waals surface area (Å²) < 4.78 is 1.05. The van der Waals surface area contributed by atoms with Crippen molar-refractivity contribution in [3.63, 3.8) is 0 Å². The smallest absolute Gasteiger partial charge is 0.225 e. The first-order valence-electron chi connectivity index (χ1n) is 10.1. The molecule has 1 aliphatic carbocycles. The summed E-state index contributed by atoms with van der Waals surface area (Å²) in [4.78, 5) is 9.64. The Morgan fingerprint density at radius 3 is 3.03 bits per heavy atom. The summed E-state index contributed by atoms with van der Waals surface area (Å²) in [6.07, 6.45) is 5.23. The highest BCUT2D eigenvalue weighted by Gasteiger charge is 2.21. The number of H-pyrrole nitrogens is 1. The van der Waals surface area contributed by atoms with Gasteiger partial charge in [-0.3, -0.25) is 5.10 Å². The molecule has 30 heavy (non-hydrogen) atoms. The molecule has 3 N–H and O–H groups in total. The average molecular weight is 413 g/mol. The van der Waals surface area contributed by atoms with Gasteiger partial charge in [0.2, 0.25) is 5.95 Å². The number of hydrogen-bond donors (Lipinski definition) is 3. The number of aryl methyl sites for hydroxylation is 1. The van der Waals surface area contributed by atoms with Gasteiger partial charge in [-0.05, 0) is 60.0 Å². The fourth-order valence-electron chi connectivity index (χ4n) is 4.23. The molecule has 1 unspecified atom stereocenters. The molecule has 5 aromatic rings. The van der Waals surface area contributed by atoms with Gasteiger partial charge < -0.3 is 10.6 Å². The van der Waals surface area contributed by atoms with Crippen molar-refractivity contribution in [3.05, 3.63) is 71.2 Å². The quantitative estimate of drug-likeness (QED) is 0.348. The molecule has 0 saturated carbocycles. The summed E-state index contributed by atoms with van der Waals surface area (Å²) in [5, 5.41) is 17.3. The summed E-state index contributed by atoms with van der Waals surface area (Å²) >= 11 is 1.65. The Balaban J connectivity index is 1.35. The van der Waals surface area contributed by atoms with Crippen LogP contribution in [0.3, 0.4) is 0 Å². The van der Waals surface area contributed by atoms with Gasteiger partial charge in [-0.15, -0.1) is 11.3 Å². The van der Waals surface area contributed by atoms with Crippen LogP contribution in [0.15, 0.2) is 60.1 Å². The first-order chi connectivity index (χ1) is 14.8. The minimum atomic E-state index is 0.237. The van der Waals surface area contributed by atoms with Gasteiger partial charge in [0.15, 0.2) is 5.82 Å². The van der Waals surface area contributed by atoms with Crippen LogP contribution in [0.5, 0.6) is 0 Å². The third-order valence-electron chi connectivity index (χ3n) is 5.68. The van der Waals surface area contributed by atoms with E-state index in [1.54, 1.807) is 11.3 Å². The van der Waals surface area contributed by atoms with Crippen molar-refractivity contribution in [2.45, 2.75) is 25.3 Å². The molecule has 6 rings (SSSR count). The molecule has 0 spiro atoms. The molecule has 0 aliphatic heterocycles. The number of aromatic nitrogens is 4. The highest BCUT2D eigenvalue weighted by molar-refractivity contribution is 7.17. The molecule has 1 aliphatic rings. The van der Waals surface area contributed by atoms with E-state index in [9.17, 15) is 0 Å². The molecular weight excluding hydrogens is 392 g/mol. The molecule has 0 fully saturated rings. The third-order valence-corrected chi connectivity index (χ3v) is 6.59. The number of aromatic amines is 1. The number of benzene rings is 2. The number of thiophene rings is 1. The predicted molar refractivity (Wildman–Crippen MR) is 123 cm³/mol. The predicted octanol–water partition coefficient (Wildman–Crippen LogP) is 5.80. The van der Waals surface area contributed by atoms with E-state index < -0.39 is 0 Å². The van der Waals surface area contributed by atoms with Gasteiger partial charge in [0.1, 0.15) is 0 Å². The highest BCUT2D eigenvalue weighted by atomic mass is 32.1. The Labute approximate surface area is 177 Å². The van der Waals surface area contributed by atoms with Gasteiger partial charge in [0.25, 0.3) is 0 Å². The first kappa shape index (κ1) is 17.4. The molecule has 3 heterocycles. The van der Waals surface area contributed by atoms with Crippen molar-refractivity contribution in [1.82, 2.24) is 20.2 Å². The molecule has 3 aromatic heterocycles. The highest BCUT2D eigenvalue weighted by Crippen LogP contribution is 2.34. The van der Waals surface area contributed by atoms with Crippen LogP contribution in [-0.2, 0) is 6.42 Å². The third kappa shape index (κ3) is 3.07. The zero-order chi connectivity index (χ0) is 19.9. The molecule has 148 valence electrons. The topological polar surface area (TPSA) is 78.5 Å². The van der Waals surface area contributed by atoms with Crippen LogP contribution in [0.2, 0.25) is 0 Å². The number of nitrogens with zero attached hydrogens (tertiary/aromatic N) is 3. The SMILES string of the molecule is c1ccc2c(c1)CCCC2Nc1nc(Nc2ccc3[nH]ncc3c2)c2sccc2n1. The number of fused-ring (bicyclic) bond motifs is 3. The zero-order valence-electron chi connectivity index (χ0n) is 16.2. The minimum absolute atomic E-state index is 0.237. The van der Waals surface area contributed by atoms with E-state index in [0.29, 0.717) is 5.95 Å². The fraction of sp³-hybridized carbons (Fsp3) is 0.174. The Kier molecular flexibility index (Phi) is 4.12. The first-order valence-corrected chi connectivity index (χ1v) is 11.0. The van der Waals surface area contributed by atoms with E-state index in [-0.39, 0.29) is 6.04 Å². The molecule has 0 radical (unpaired) electrons. The molecular formula is C23H20N6S. The molecule has 0 saturated heterocycles. The lowest BCUT2D eigenvalue weighted by Gasteiger charge is -2.26. The Hall–Kier alpha value is -3.45. The van der Waals surface area contributed by atoms with Crippen LogP contribution in [0.4, 0.5) is 17.5 Å². The van der Waals surface area contributed by atoms with Crippen LogP contribution >= 0.6 is 11.3 Å². The van der Waals surface area contributed by atoms with Gasteiger partial charge in [0.05, 0.1) is 28.0 Å². The molecule has 2 aromatic carbocycles. The van der Waals surface area contributed by atoms with Gasteiger partial charge in [-0.2, -0.15) is 10.1 Å². The van der Waals surface area contributed by atoms with Crippen molar-refractivity contribution >= 4 is 49.9 Å². The van der Waals surface area contributed by atoms with E-state index in [0.717, 1.165) is 45.5 Å². The zero-order valence-corrected chi connectivity index (χ0v) is 17.0. The summed E-state index contributed by atoms with van der Waals surface area (Å²) in [6, 6.07) is 17.1. The summed E-state index contributed by atoms with van der Waals surface area (Å²) in [5.41, 5.74) is 5.73. The van der Waals surface area contributed by atoms with Crippen LogP contribution < -0.4 is 10.6 Å². The van der Waals surface area contributed by atoms with Crippen LogP contribution in [0, 0.1) is 0 Å². The van der Waals surface area contributed by atoms with Crippen molar-refractivity contribution in [1.29, 1.82) is 0 Å². The lowest BCUT2D eigenvalue weighted by Crippen LogP contribution is -2.18. The Morgan fingerprint density at radius 1 is 1.07 bits per heavy atom. The average Bonchev–Trinajstić information content (AvgIpc) is 3.43. The maximum absolute atomic E-state index is 4.86. The molecule has 1 atom stereocenters. The summed E-state index contributed by atoms with van der Waals surface area (Å²) in [6.45, 7) is 0. The van der Waals surface area contributed by atoms with Gasteiger partial charge >= 0.3 is 0 Å². The summed E-state index contributed by atoms with van der Waals surface area (Å²) in [5.74, 6) is 1.49. The number of hydrogen-bond acceptors (Lipinski definition) is 6. The fourth-order valence-corrected chi connectivity index (χ4v) is 5.01. The molecule has 0 amide bonds. The van der Waals surface area contributed by atoms with Gasteiger partial charge in [-0.25, -0.2) is 4.98 Å². The van der Waals surface area contributed by atoms with E-state index in [1.165, 1.54) is 17.5 Å². The normalized spacial score (nSPS) is 15.9. The maximum atomic E-state index is 4.86. The molecule has 6 nitrogen and oxygen atoms in total. The van der Waals surface area contributed by atoms with Crippen molar-refractivity contribution in [2.75, 3.05) is 10.6 Å². The van der Waals surface area contributed by atoms with E-state index in [1.807, 2.05) is 24.4 Å². The second kappa shape index (κ2) is 7.11. The standard InChI is InChI=1S/C23H20N6S/c1-2-6-17-14(4-1)5-3-7-19(17)26-23-27-20-10-11-30-21(20)22(28-23)25-16-8-9-18-15(12-16)13-24-29-18/h1-2,4,6,8-13,19H,3,5,7H2,(H,24,29)(H2,25,26,27,28). The second-order valence-corrected chi connectivity index (χ2v) is 8.53. The Morgan fingerprint density at radius 2 is 2.03 bits per heavy atom. The maximum Gasteiger partial charge on any atom is 0.225 e. The largest absolute Gasteiger partial charge is 0.347 e. The number of anilines is 3. The van der Waals surface area contributed by atoms with Crippen LogP contribution in [-0.4, -0.2) is 20.2 Å². The van der Waals surface area contributed by atoms with Gasteiger partial charge in [-0.1, -0.05) is 24.3 Å². The van der Waals surface area contributed by atoms with Crippen molar-refractivity contribution < 1.29 is 0 Å². The van der Waals surface area contributed by atoms with Gasteiger partial charge in [0, 0.05) is 11.1 Å². The van der Waals surface area contributed by atoms with Crippen LogP contribution in [0.1, 0.15) is 30.0 Å². The lowest BCUT2D eigenvalue weighted by atomic mass is 9.88. The van der Waals surface area contributed by atoms with Crippen molar-refractivity contribution in [3.8, 4) is 0 Å². The lowest BCUT2D eigenvalue weighted by molar-refractivity contribution is 0.597.